The van der Waals surface area contributed by atoms with Crippen molar-refractivity contribution in [1.82, 2.24) is 29.7 Å². The van der Waals surface area contributed by atoms with E-state index in [4.69, 9.17) is 4.74 Å². The summed E-state index contributed by atoms with van der Waals surface area (Å²) < 4.78 is 7.31. The molecular weight excluding hydrogens is 280 g/mol. The van der Waals surface area contributed by atoms with E-state index in [0.29, 0.717) is 12.3 Å². The molecule has 3 aromatic heterocycles. The maximum Gasteiger partial charge on any atom is 0.162 e. The Morgan fingerprint density at radius 1 is 1.27 bits per heavy atom. The number of aryl methyl sites for hydroxylation is 4. The number of methoxy groups -OCH3 is 1. The van der Waals surface area contributed by atoms with Gasteiger partial charge in [0.25, 0.3) is 0 Å². The van der Waals surface area contributed by atoms with Crippen LogP contribution in [-0.2, 0) is 13.0 Å². The second-order valence-corrected chi connectivity index (χ2v) is 5.06. The van der Waals surface area contributed by atoms with Crippen molar-refractivity contribution in [2.24, 2.45) is 0 Å². The quantitative estimate of drug-likeness (QED) is 0.778. The molecule has 0 aliphatic heterocycles. The summed E-state index contributed by atoms with van der Waals surface area (Å²) in [5, 5.41) is 4.49. The number of nitrogens with zero attached hydrogens (tertiary/aromatic N) is 5. The van der Waals surface area contributed by atoms with Gasteiger partial charge in [0.1, 0.15) is 11.6 Å². The average Bonchev–Trinajstić information content (AvgIpc) is 3.14. The fourth-order valence-electron chi connectivity index (χ4n) is 2.34. The molecule has 0 saturated heterocycles. The first kappa shape index (κ1) is 14.2. The van der Waals surface area contributed by atoms with E-state index >= 15 is 0 Å². The van der Waals surface area contributed by atoms with Gasteiger partial charge in [0.2, 0.25) is 0 Å². The molecule has 0 spiro atoms. The summed E-state index contributed by atoms with van der Waals surface area (Å²) in [7, 11) is 1.63. The Bertz CT molecular complexity index is 762. The molecule has 7 nitrogen and oxygen atoms in total. The molecule has 0 radical (unpaired) electrons. The van der Waals surface area contributed by atoms with Gasteiger partial charge in [-0.05, 0) is 19.9 Å². The molecule has 0 bridgehead atoms. The number of aromatic amines is 1. The van der Waals surface area contributed by atoms with Crippen LogP contribution in [0.2, 0.25) is 0 Å². The summed E-state index contributed by atoms with van der Waals surface area (Å²) in [4.78, 5) is 15.9. The minimum atomic E-state index is 0.695. The molecule has 0 atom stereocenters. The monoisotopic (exact) mass is 298 g/mol. The first-order valence-corrected chi connectivity index (χ1v) is 7.07. The van der Waals surface area contributed by atoms with Crippen LogP contribution in [0.15, 0.2) is 24.8 Å². The highest BCUT2D eigenvalue weighted by Gasteiger charge is 2.15. The summed E-state index contributed by atoms with van der Waals surface area (Å²) in [6, 6.07) is 1.97. The lowest BCUT2D eigenvalue weighted by Crippen LogP contribution is -2.07. The van der Waals surface area contributed by atoms with Crippen LogP contribution in [0.1, 0.15) is 17.2 Å². The number of rotatable bonds is 5. The summed E-state index contributed by atoms with van der Waals surface area (Å²) >= 11 is 0. The van der Waals surface area contributed by atoms with Crippen molar-refractivity contribution >= 4 is 0 Å². The van der Waals surface area contributed by atoms with Crippen molar-refractivity contribution in [1.29, 1.82) is 0 Å². The molecule has 0 aromatic carbocycles. The fourth-order valence-corrected chi connectivity index (χ4v) is 2.34. The Morgan fingerprint density at radius 3 is 2.86 bits per heavy atom. The smallest absolute Gasteiger partial charge is 0.162 e. The third-order valence-corrected chi connectivity index (χ3v) is 3.39. The van der Waals surface area contributed by atoms with Crippen molar-refractivity contribution in [3.63, 3.8) is 0 Å². The van der Waals surface area contributed by atoms with Crippen molar-refractivity contribution in [3.05, 3.63) is 42.0 Å². The Morgan fingerprint density at radius 2 is 2.14 bits per heavy atom. The maximum atomic E-state index is 5.41. The summed E-state index contributed by atoms with van der Waals surface area (Å²) in [5.41, 5.74) is 2.88. The highest BCUT2D eigenvalue weighted by Crippen LogP contribution is 2.28. The van der Waals surface area contributed by atoms with Crippen LogP contribution in [0, 0.1) is 13.8 Å². The average molecular weight is 298 g/mol. The Hall–Kier alpha value is -2.70. The number of pyridine rings is 1. The summed E-state index contributed by atoms with van der Waals surface area (Å²) in [5.74, 6) is 2.22. The van der Waals surface area contributed by atoms with Gasteiger partial charge in [-0.15, -0.1) is 0 Å². The molecule has 0 aliphatic carbocycles. The molecule has 114 valence electrons. The molecule has 3 heterocycles. The normalized spacial score (nSPS) is 10.9. The molecule has 0 unspecified atom stereocenters. The third-order valence-electron chi connectivity index (χ3n) is 3.39. The lowest BCUT2D eigenvalue weighted by Gasteiger charge is -2.10. The van der Waals surface area contributed by atoms with Gasteiger partial charge < -0.3 is 9.72 Å². The molecule has 3 rings (SSSR count). The van der Waals surface area contributed by atoms with Gasteiger partial charge in [-0.3, -0.25) is 4.98 Å². The highest BCUT2D eigenvalue weighted by molar-refractivity contribution is 5.64. The molecular formula is C15H18N6O. The fraction of sp³-hybridized carbons (Fsp3) is 0.333. The summed E-state index contributed by atoms with van der Waals surface area (Å²) in [6.07, 6.45) is 6.02. The third kappa shape index (κ3) is 2.83. The lowest BCUT2D eigenvalue weighted by molar-refractivity contribution is 0.413. The van der Waals surface area contributed by atoms with Crippen molar-refractivity contribution in [2.75, 3.05) is 7.11 Å². The SMILES string of the molecule is COc1cnc(C)cc1-c1nc(C)nn1CCc1cnc[nH]1. The van der Waals surface area contributed by atoms with E-state index in [9.17, 15) is 0 Å². The van der Waals surface area contributed by atoms with Crippen LogP contribution < -0.4 is 4.74 Å². The van der Waals surface area contributed by atoms with Crippen LogP contribution in [0.25, 0.3) is 11.4 Å². The van der Waals surface area contributed by atoms with E-state index in [-0.39, 0.29) is 0 Å². The van der Waals surface area contributed by atoms with Crippen molar-refractivity contribution in [3.8, 4) is 17.1 Å². The van der Waals surface area contributed by atoms with Gasteiger partial charge >= 0.3 is 0 Å². The number of H-pyrrole nitrogens is 1. The second-order valence-electron chi connectivity index (χ2n) is 5.06. The van der Waals surface area contributed by atoms with E-state index in [1.165, 1.54) is 0 Å². The zero-order valence-corrected chi connectivity index (χ0v) is 12.9. The zero-order valence-electron chi connectivity index (χ0n) is 12.9. The Kier molecular flexibility index (Phi) is 3.86. The number of hydrogen-bond acceptors (Lipinski definition) is 5. The van der Waals surface area contributed by atoms with Gasteiger partial charge in [-0.2, -0.15) is 5.10 Å². The molecule has 0 amide bonds. The molecule has 1 N–H and O–H groups in total. The summed E-state index contributed by atoms with van der Waals surface area (Å²) in [6.45, 7) is 4.54. The first-order valence-electron chi connectivity index (χ1n) is 7.07. The maximum absolute atomic E-state index is 5.41. The van der Waals surface area contributed by atoms with E-state index in [1.54, 1.807) is 19.6 Å². The van der Waals surface area contributed by atoms with Gasteiger partial charge in [0.15, 0.2) is 5.82 Å². The van der Waals surface area contributed by atoms with Crippen LogP contribution in [0.3, 0.4) is 0 Å². The molecule has 22 heavy (non-hydrogen) atoms. The Labute approximate surface area is 128 Å². The van der Waals surface area contributed by atoms with Gasteiger partial charge in [-0.1, -0.05) is 0 Å². The van der Waals surface area contributed by atoms with Gasteiger partial charge in [0.05, 0.1) is 25.2 Å². The molecule has 0 fully saturated rings. The van der Waals surface area contributed by atoms with Gasteiger partial charge in [-0.25, -0.2) is 14.6 Å². The Balaban J connectivity index is 1.95. The number of hydrogen-bond donors (Lipinski definition) is 1. The number of ether oxygens (including phenoxy) is 1. The predicted molar refractivity (Wildman–Crippen MR) is 81.6 cm³/mol. The van der Waals surface area contributed by atoms with Gasteiger partial charge in [0, 0.05) is 30.6 Å². The van der Waals surface area contributed by atoms with Crippen molar-refractivity contribution in [2.45, 2.75) is 26.8 Å². The number of nitrogens with one attached hydrogen (secondary N) is 1. The van der Waals surface area contributed by atoms with E-state index < -0.39 is 0 Å². The minimum absolute atomic E-state index is 0.695. The van der Waals surface area contributed by atoms with Crippen molar-refractivity contribution < 1.29 is 4.74 Å². The second kappa shape index (κ2) is 5.97. The lowest BCUT2D eigenvalue weighted by atomic mass is 10.2. The minimum Gasteiger partial charge on any atom is -0.494 e. The topological polar surface area (TPSA) is 81.5 Å². The van der Waals surface area contributed by atoms with E-state index in [1.807, 2.05) is 30.8 Å². The zero-order chi connectivity index (χ0) is 15.5. The standard InChI is InChI=1S/C15H18N6O/c1-10-6-13(14(22-3)8-17-10)15-19-11(2)20-21(15)5-4-12-7-16-9-18-12/h6-9H,4-5H2,1-3H3,(H,16,18). The van der Waals surface area contributed by atoms with Crippen LogP contribution in [0.4, 0.5) is 0 Å². The molecule has 0 aliphatic rings. The van der Waals surface area contributed by atoms with E-state index in [2.05, 4.69) is 25.0 Å². The highest BCUT2D eigenvalue weighted by atomic mass is 16.5. The van der Waals surface area contributed by atoms with Crippen LogP contribution in [0.5, 0.6) is 5.75 Å². The van der Waals surface area contributed by atoms with Crippen LogP contribution >= 0.6 is 0 Å². The number of imidazole rings is 1. The first-order chi connectivity index (χ1) is 10.7. The molecule has 0 saturated carbocycles. The largest absolute Gasteiger partial charge is 0.494 e. The van der Waals surface area contributed by atoms with E-state index in [0.717, 1.165) is 35.0 Å². The van der Waals surface area contributed by atoms with Crippen LogP contribution in [-0.4, -0.2) is 36.8 Å². The molecule has 7 heteroatoms. The predicted octanol–water partition coefficient (Wildman–Crippen LogP) is 1.93. The molecule has 3 aromatic rings. The number of aromatic nitrogens is 6.